The van der Waals surface area contributed by atoms with Crippen LogP contribution in [-0.4, -0.2) is 18.5 Å². The van der Waals surface area contributed by atoms with Gasteiger partial charge in [0.1, 0.15) is 5.75 Å². The van der Waals surface area contributed by atoms with Gasteiger partial charge in [0.05, 0.1) is 10.6 Å². The Kier molecular flexibility index (Phi) is 4.81. The van der Waals surface area contributed by atoms with Gasteiger partial charge < -0.3 is 5.11 Å². The van der Waals surface area contributed by atoms with Crippen LogP contribution in [0, 0.1) is 0 Å². The van der Waals surface area contributed by atoms with Gasteiger partial charge in [-0.25, -0.2) is 8.42 Å². The first kappa shape index (κ1) is 16.7. The van der Waals surface area contributed by atoms with Gasteiger partial charge in [-0.1, -0.05) is 30.4 Å². The average Bonchev–Trinajstić information content (AvgIpc) is 2.62. The van der Waals surface area contributed by atoms with Crippen molar-refractivity contribution in [1.82, 2.24) is 4.98 Å². The van der Waals surface area contributed by atoms with Gasteiger partial charge in [-0.2, -0.15) is 0 Å². The molecule has 1 aromatic heterocycles. The van der Waals surface area contributed by atoms with Crippen LogP contribution < -0.4 is 4.72 Å². The lowest BCUT2D eigenvalue weighted by Crippen LogP contribution is -2.13. The number of hydrogen-bond acceptors (Lipinski definition) is 4. The third-order valence-corrected chi connectivity index (χ3v) is 4.89. The van der Waals surface area contributed by atoms with E-state index < -0.39 is 10.0 Å². The number of rotatable bonds is 5. The number of nitrogens with zero attached hydrogens (tertiary/aromatic N) is 1. The molecule has 0 aliphatic rings. The first-order chi connectivity index (χ1) is 12.0. The highest BCUT2D eigenvalue weighted by atomic mass is 32.2. The molecule has 0 spiro atoms. The van der Waals surface area contributed by atoms with Gasteiger partial charge in [0.2, 0.25) is 0 Å². The first-order valence-electron chi connectivity index (χ1n) is 7.54. The van der Waals surface area contributed by atoms with Gasteiger partial charge >= 0.3 is 0 Å². The van der Waals surface area contributed by atoms with Crippen LogP contribution in [0.2, 0.25) is 0 Å². The number of anilines is 1. The molecule has 2 N–H and O–H groups in total. The van der Waals surface area contributed by atoms with E-state index in [4.69, 9.17) is 0 Å². The van der Waals surface area contributed by atoms with E-state index in [9.17, 15) is 13.5 Å². The zero-order valence-corrected chi connectivity index (χ0v) is 14.0. The van der Waals surface area contributed by atoms with Crippen molar-refractivity contribution >= 4 is 27.9 Å². The van der Waals surface area contributed by atoms with Crippen LogP contribution in [0.25, 0.3) is 12.2 Å². The molecule has 3 aromatic rings. The van der Waals surface area contributed by atoms with E-state index >= 15 is 0 Å². The van der Waals surface area contributed by atoms with E-state index in [1.54, 1.807) is 24.5 Å². The molecule has 2 aromatic carbocycles. The summed E-state index contributed by atoms with van der Waals surface area (Å²) in [6, 6.07) is 16.2. The highest BCUT2D eigenvalue weighted by molar-refractivity contribution is 7.92. The van der Waals surface area contributed by atoms with Gasteiger partial charge in [0, 0.05) is 12.4 Å². The summed E-state index contributed by atoms with van der Waals surface area (Å²) in [5, 5.41) is 9.31. The van der Waals surface area contributed by atoms with Crippen molar-refractivity contribution in [3.63, 3.8) is 0 Å². The molecule has 0 aliphatic heterocycles. The van der Waals surface area contributed by atoms with Crippen molar-refractivity contribution in [3.8, 4) is 5.75 Å². The Morgan fingerprint density at radius 2 is 1.56 bits per heavy atom. The van der Waals surface area contributed by atoms with Gasteiger partial charge in [-0.05, 0) is 53.6 Å². The number of phenolic OH excluding ortho intramolecular Hbond substituents is 1. The molecule has 1 heterocycles. The first-order valence-corrected chi connectivity index (χ1v) is 9.02. The van der Waals surface area contributed by atoms with E-state index in [2.05, 4.69) is 9.71 Å². The maximum absolute atomic E-state index is 12.5. The minimum absolute atomic E-state index is 0.0136. The van der Waals surface area contributed by atoms with Crippen LogP contribution in [0.3, 0.4) is 0 Å². The van der Waals surface area contributed by atoms with Gasteiger partial charge in [-0.3, -0.25) is 9.71 Å². The number of sulfonamides is 1. The van der Waals surface area contributed by atoms with Gasteiger partial charge in [0.25, 0.3) is 10.0 Å². The fourth-order valence-corrected chi connectivity index (χ4v) is 3.31. The number of aromatic hydroxyl groups is 1. The lowest BCUT2D eigenvalue weighted by molar-refractivity contribution is 0.475. The van der Waals surface area contributed by atoms with Crippen LogP contribution in [0.5, 0.6) is 5.75 Å². The molecule has 0 bridgehead atoms. The van der Waals surface area contributed by atoms with Crippen LogP contribution in [0.15, 0.2) is 78.0 Å². The Labute approximate surface area is 146 Å². The summed E-state index contributed by atoms with van der Waals surface area (Å²) in [5.74, 6) is 0.0136. The lowest BCUT2D eigenvalue weighted by atomic mass is 10.1. The fourth-order valence-electron chi connectivity index (χ4n) is 2.22. The Balaban J connectivity index is 1.88. The van der Waals surface area contributed by atoms with Crippen molar-refractivity contribution in [2.45, 2.75) is 4.90 Å². The number of para-hydroxylation sites is 1. The molecule has 0 atom stereocenters. The largest absolute Gasteiger partial charge is 0.508 e. The molecule has 0 radical (unpaired) electrons. The maximum atomic E-state index is 12.5. The molecule has 3 rings (SSSR count). The second-order valence-corrected chi connectivity index (χ2v) is 6.98. The highest BCUT2D eigenvalue weighted by Crippen LogP contribution is 2.23. The summed E-state index contributed by atoms with van der Waals surface area (Å²) in [4.78, 5) is 4.04. The number of aromatic nitrogens is 1. The molecular formula is C19H16N2O3S. The Morgan fingerprint density at radius 1 is 0.880 bits per heavy atom. The summed E-state index contributed by atoms with van der Waals surface area (Å²) in [7, 11) is -3.74. The molecular weight excluding hydrogens is 336 g/mol. The van der Waals surface area contributed by atoms with Crippen LogP contribution >= 0.6 is 0 Å². The predicted octanol–water partition coefficient (Wildman–Crippen LogP) is 3.76. The summed E-state index contributed by atoms with van der Waals surface area (Å²) < 4.78 is 27.6. The van der Waals surface area contributed by atoms with E-state index in [1.807, 2.05) is 36.4 Å². The second-order valence-electron chi connectivity index (χ2n) is 5.30. The molecule has 126 valence electrons. The highest BCUT2D eigenvalue weighted by Gasteiger charge is 2.15. The smallest absolute Gasteiger partial charge is 0.261 e. The molecule has 5 nitrogen and oxygen atoms in total. The molecule has 0 aliphatic carbocycles. The molecule has 0 unspecified atom stereocenters. The Hall–Kier alpha value is -3.12. The average molecular weight is 352 g/mol. The molecule has 0 fully saturated rings. The molecule has 0 saturated heterocycles. The summed E-state index contributed by atoms with van der Waals surface area (Å²) in [6.07, 6.45) is 7.11. The summed E-state index contributed by atoms with van der Waals surface area (Å²) in [6.45, 7) is 0. The second kappa shape index (κ2) is 7.19. The van der Waals surface area contributed by atoms with Crippen molar-refractivity contribution < 1.29 is 13.5 Å². The van der Waals surface area contributed by atoms with E-state index in [0.29, 0.717) is 5.69 Å². The van der Waals surface area contributed by atoms with Crippen molar-refractivity contribution in [1.29, 1.82) is 0 Å². The molecule has 25 heavy (non-hydrogen) atoms. The molecule has 0 saturated carbocycles. The topological polar surface area (TPSA) is 79.3 Å². The minimum Gasteiger partial charge on any atom is -0.508 e. The zero-order valence-electron chi connectivity index (χ0n) is 13.2. The number of pyridine rings is 1. The van der Waals surface area contributed by atoms with Crippen molar-refractivity contribution in [3.05, 3.63) is 84.2 Å². The predicted molar refractivity (Wildman–Crippen MR) is 98.5 cm³/mol. The summed E-state index contributed by atoms with van der Waals surface area (Å²) >= 11 is 0. The number of phenols is 1. The summed E-state index contributed by atoms with van der Waals surface area (Å²) in [5.41, 5.74) is 2.17. The fraction of sp³-hybridized carbons (Fsp3) is 0. The van der Waals surface area contributed by atoms with Crippen LogP contribution in [0.1, 0.15) is 11.1 Å². The SMILES string of the molecule is O=S(=O)(Nc1ccccc1/C=C/c1ccncc1)c1ccc(O)cc1. The molecule has 0 amide bonds. The monoisotopic (exact) mass is 352 g/mol. The standard InChI is InChI=1S/C19H16N2O3S/c22-17-7-9-18(10-8-17)25(23,24)21-19-4-2-1-3-16(19)6-5-15-11-13-20-14-12-15/h1-14,21-22H/b6-5+. The quantitative estimate of drug-likeness (QED) is 0.733. The third kappa shape index (κ3) is 4.24. The van der Waals surface area contributed by atoms with E-state index in [0.717, 1.165) is 11.1 Å². The number of benzene rings is 2. The van der Waals surface area contributed by atoms with E-state index in [1.165, 1.54) is 24.3 Å². The molecule has 6 heteroatoms. The van der Waals surface area contributed by atoms with Crippen molar-refractivity contribution in [2.24, 2.45) is 0 Å². The lowest BCUT2D eigenvalue weighted by Gasteiger charge is -2.11. The van der Waals surface area contributed by atoms with Crippen molar-refractivity contribution in [2.75, 3.05) is 4.72 Å². The third-order valence-electron chi connectivity index (χ3n) is 3.51. The van der Waals surface area contributed by atoms with Gasteiger partial charge in [-0.15, -0.1) is 0 Å². The Bertz CT molecular complexity index is 983. The Morgan fingerprint density at radius 3 is 2.28 bits per heavy atom. The van der Waals surface area contributed by atoms with Crippen LogP contribution in [0.4, 0.5) is 5.69 Å². The zero-order chi connectivity index (χ0) is 17.7. The van der Waals surface area contributed by atoms with Gasteiger partial charge in [0.15, 0.2) is 0 Å². The number of nitrogens with one attached hydrogen (secondary N) is 1. The van der Waals surface area contributed by atoms with E-state index in [-0.39, 0.29) is 10.6 Å². The van der Waals surface area contributed by atoms with Crippen LogP contribution in [-0.2, 0) is 10.0 Å². The minimum atomic E-state index is -3.74. The number of hydrogen-bond donors (Lipinski definition) is 2. The normalized spacial score (nSPS) is 11.5. The maximum Gasteiger partial charge on any atom is 0.261 e.